The van der Waals surface area contributed by atoms with Crippen LogP contribution >= 0.6 is 11.3 Å². The van der Waals surface area contributed by atoms with Crippen LogP contribution in [0.2, 0.25) is 0 Å². The highest BCUT2D eigenvalue weighted by molar-refractivity contribution is 7.22. The molecule has 1 aliphatic rings. The Labute approximate surface area is 157 Å². The van der Waals surface area contributed by atoms with Gasteiger partial charge in [-0.15, -0.1) is 0 Å². The summed E-state index contributed by atoms with van der Waals surface area (Å²) in [7, 11) is 0. The van der Waals surface area contributed by atoms with Gasteiger partial charge in [-0.05, 0) is 36.8 Å². The van der Waals surface area contributed by atoms with E-state index in [2.05, 4.69) is 10.3 Å². The quantitative estimate of drug-likeness (QED) is 0.742. The molecule has 27 heavy (non-hydrogen) atoms. The number of aryl methyl sites for hydroxylation is 1. The van der Waals surface area contributed by atoms with Crippen molar-refractivity contribution in [1.82, 2.24) is 4.98 Å². The second-order valence-corrected chi connectivity index (χ2v) is 7.54. The van der Waals surface area contributed by atoms with Crippen molar-refractivity contribution in [3.63, 3.8) is 0 Å². The van der Waals surface area contributed by atoms with Crippen LogP contribution in [0.25, 0.3) is 10.2 Å². The van der Waals surface area contributed by atoms with Crippen molar-refractivity contribution < 1.29 is 18.4 Å². The zero-order chi connectivity index (χ0) is 19.1. The number of benzene rings is 2. The lowest BCUT2D eigenvalue weighted by atomic mass is 10.1. The first-order valence-electron chi connectivity index (χ1n) is 8.33. The maximum absolute atomic E-state index is 13.4. The second-order valence-electron chi connectivity index (χ2n) is 6.51. The van der Waals surface area contributed by atoms with Crippen molar-refractivity contribution in [1.29, 1.82) is 0 Å². The number of amides is 2. The van der Waals surface area contributed by atoms with Gasteiger partial charge < -0.3 is 10.2 Å². The van der Waals surface area contributed by atoms with E-state index in [0.29, 0.717) is 5.13 Å². The number of hydrogen-bond acceptors (Lipinski definition) is 4. The van der Waals surface area contributed by atoms with Crippen LogP contribution in [0.1, 0.15) is 12.0 Å². The minimum absolute atomic E-state index is 0.0199. The van der Waals surface area contributed by atoms with Crippen molar-refractivity contribution >= 4 is 44.2 Å². The van der Waals surface area contributed by atoms with Crippen molar-refractivity contribution in [3.8, 4) is 0 Å². The van der Waals surface area contributed by atoms with Crippen molar-refractivity contribution in [2.24, 2.45) is 5.92 Å². The number of carbonyl (C=O) groups is 2. The van der Waals surface area contributed by atoms with E-state index >= 15 is 0 Å². The zero-order valence-corrected chi connectivity index (χ0v) is 15.1. The molecule has 5 nitrogen and oxygen atoms in total. The Morgan fingerprint density at radius 1 is 1.22 bits per heavy atom. The number of carbonyl (C=O) groups excluding carboxylic acids is 2. The lowest BCUT2D eigenvalue weighted by molar-refractivity contribution is -0.122. The topological polar surface area (TPSA) is 62.3 Å². The predicted octanol–water partition coefficient (Wildman–Crippen LogP) is 3.87. The molecule has 1 unspecified atom stereocenters. The Morgan fingerprint density at radius 2 is 1.96 bits per heavy atom. The highest BCUT2D eigenvalue weighted by atomic mass is 32.1. The Balaban J connectivity index is 1.50. The summed E-state index contributed by atoms with van der Waals surface area (Å²) in [5, 5.41) is 3.21. The number of rotatable bonds is 3. The van der Waals surface area contributed by atoms with E-state index in [1.165, 1.54) is 16.2 Å². The van der Waals surface area contributed by atoms with Crippen molar-refractivity contribution in [3.05, 3.63) is 53.6 Å². The summed E-state index contributed by atoms with van der Waals surface area (Å²) in [6.07, 6.45) is -0.0199. The van der Waals surface area contributed by atoms with Crippen LogP contribution in [0, 0.1) is 24.5 Å². The molecule has 0 saturated carbocycles. The molecule has 0 aliphatic carbocycles. The molecule has 4 rings (SSSR count). The average Bonchev–Trinajstić information content (AvgIpc) is 3.16. The molecule has 138 valence electrons. The first kappa shape index (κ1) is 17.5. The van der Waals surface area contributed by atoms with Crippen molar-refractivity contribution in [2.45, 2.75) is 13.3 Å². The van der Waals surface area contributed by atoms with Gasteiger partial charge >= 0.3 is 0 Å². The summed E-state index contributed by atoms with van der Waals surface area (Å²) in [6.45, 7) is 2.04. The molecule has 1 aliphatic heterocycles. The summed E-state index contributed by atoms with van der Waals surface area (Å²) < 4.78 is 27.8. The van der Waals surface area contributed by atoms with E-state index in [0.717, 1.165) is 34.0 Å². The lowest BCUT2D eigenvalue weighted by Gasteiger charge is -2.16. The largest absolute Gasteiger partial charge is 0.311 e. The van der Waals surface area contributed by atoms with Gasteiger partial charge in [-0.2, -0.15) is 0 Å². The van der Waals surface area contributed by atoms with Crippen LogP contribution in [-0.2, 0) is 9.59 Å². The van der Waals surface area contributed by atoms with E-state index in [1.54, 1.807) is 0 Å². The number of nitrogens with zero attached hydrogens (tertiary/aromatic N) is 2. The van der Waals surface area contributed by atoms with Crippen LogP contribution in [0.5, 0.6) is 0 Å². The van der Waals surface area contributed by atoms with Gasteiger partial charge in [0.05, 0.1) is 16.1 Å². The number of thiazole rings is 1. The predicted molar refractivity (Wildman–Crippen MR) is 99.8 cm³/mol. The molecule has 1 atom stereocenters. The summed E-state index contributed by atoms with van der Waals surface area (Å²) >= 11 is 1.36. The fourth-order valence-corrected chi connectivity index (χ4v) is 4.09. The van der Waals surface area contributed by atoms with Crippen molar-refractivity contribution in [2.75, 3.05) is 16.8 Å². The van der Waals surface area contributed by atoms with E-state index in [4.69, 9.17) is 0 Å². The summed E-state index contributed by atoms with van der Waals surface area (Å²) in [4.78, 5) is 30.4. The molecule has 0 spiro atoms. The Hall–Kier alpha value is -2.87. The smallest absolute Gasteiger partial charge is 0.231 e. The van der Waals surface area contributed by atoms with Crippen LogP contribution < -0.4 is 10.2 Å². The van der Waals surface area contributed by atoms with Crippen LogP contribution in [0.3, 0.4) is 0 Å². The van der Waals surface area contributed by atoms with Gasteiger partial charge in [0.1, 0.15) is 11.6 Å². The second kappa shape index (κ2) is 6.70. The Bertz CT molecular complexity index is 1050. The molecule has 2 amide bonds. The molecule has 0 bridgehead atoms. The van der Waals surface area contributed by atoms with Gasteiger partial charge in [0, 0.05) is 24.7 Å². The minimum atomic E-state index is -0.768. The number of fused-ring (bicyclic) bond motifs is 1. The maximum Gasteiger partial charge on any atom is 0.231 e. The van der Waals surface area contributed by atoms with Gasteiger partial charge in [0.25, 0.3) is 0 Å². The molecule has 2 heterocycles. The van der Waals surface area contributed by atoms with Gasteiger partial charge in [-0.1, -0.05) is 17.4 Å². The third-order valence-corrected chi connectivity index (χ3v) is 5.36. The number of hydrogen-bond donors (Lipinski definition) is 1. The highest BCUT2D eigenvalue weighted by Gasteiger charge is 2.35. The minimum Gasteiger partial charge on any atom is -0.311 e. The van der Waals surface area contributed by atoms with Gasteiger partial charge in [0.15, 0.2) is 5.13 Å². The van der Waals surface area contributed by atoms with Crippen LogP contribution in [-0.4, -0.2) is 23.3 Å². The first-order valence-corrected chi connectivity index (χ1v) is 9.15. The molecule has 8 heteroatoms. The van der Waals surface area contributed by atoms with Crippen LogP contribution in [0.4, 0.5) is 19.6 Å². The SMILES string of the molecule is Cc1ccc2nc(NC(=O)C3CC(=O)N(c4cc(F)cc(F)c4)C3)sc2c1. The Morgan fingerprint density at radius 3 is 2.70 bits per heavy atom. The molecule has 0 radical (unpaired) electrons. The molecule has 2 aromatic carbocycles. The molecular formula is C19H15F2N3O2S. The van der Waals surface area contributed by atoms with E-state index < -0.39 is 17.6 Å². The van der Waals surface area contributed by atoms with E-state index in [-0.39, 0.29) is 30.5 Å². The number of anilines is 2. The van der Waals surface area contributed by atoms with Gasteiger partial charge in [-0.25, -0.2) is 13.8 Å². The molecule has 1 aromatic heterocycles. The number of aromatic nitrogens is 1. The Kier molecular flexibility index (Phi) is 4.35. The third kappa shape index (κ3) is 3.52. The summed E-state index contributed by atoms with van der Waals surface area (Å²) in [5.74, 6) is -2.83. The molecule has 1 saturated heterocycles. The number of halogens is 2. The standard InChI is InChI=1S/C19H15F2N3O2S/c1-10-2-3-15-16(4-10)27-19(22-15)23-18(26)11-5-17(25)24(9-11)14-7-12(20)6-13(21)8-14/h2-4,6-8,11H,5,9H2,1H3,(H,22,23,26). The molecule has 1 N–H and O–H groups in total. The molecule has 1 fully saturated rings. The highest BCUT2D eigenvalue weighted by Crippen LogP contribution is 2.30. The van der Waals surface area contributed by atoms with Crippen LogP contribution in [0.15, 0.2) is 36.4 Å². The lowest BCUT2D eigenvalue weighted by Crippen LogP contribution is -2.28. The fraction of sp³-hybridized carbons (Fsp3) is 0.211. The summed E-state index contributed by atoms with van der Waals surface area (Å²) in [5.41, 5.74) is 2.01. The summed E-state index contributed by atoms with van der Waals surface area (Å²) in [6, 6.07) is 8.72. The van der Waals surface area contributed by atoms with Gasteiger partial charge in [0.2, 0.25) is 11.8 Å². The fourth-order valence-electron chi connectivity index (χ4n) is 3.12. The van der Waals surface area contributed by atoms with Gasteiger partial charge in [-0.3, -0.25) is 9.59 Å². The molecule has 3 aromatic rings. The first-order chi connectivity index (χ1) is 12.9. The van der Waals surface area contributed by atoms with E-state index in [1.807, 2.05) is 25.1 Å². The average molecular weight is 387 g/mol. The molecular weight excluding hydrogens is 372 g/mol. The zero-order valence-electron chi connectivity index (χ0n) is 14.3. The van der Waals surface area contributed by atoms with E-state index in [9.17, 15) is 18.4 Å². The number of nitrogens with one attached hydrogen (secondary N) is 1. The monoisotopic (exact) mass is 387 g/mol. The third-order valence-electron chi connectivity index (χ3n) is 4.43. The maximum atomic E-state index is 13.4. The normalized spacial score (nSPS) is 16.9.